The predicted molar refractivity (Wildman–Crippen MR) is 137 cm³/mol. The van der Waals surface area contributed by atoms with Crippen LogP contribution >= 0.6 is 0 Å². The average Bonchev–Trinajstić information content (AvgIpc) is 3.05. The van der Waals surface area contributed by atoms with E-state index in [1.165, 1.54) is 30.6 Å². The molecular weight excluding hydrogens is 462 g/mol. The van der Waals surface area contributed by atoms with Crippen LogP contribution in [0.2, 0.25) is 0 Å². The van der Waals surface area contributed by atoms with Gasteiger partial charge in [-0.15, -0.1) is 0 Å². The summed E-state index contributed by atoms with van der Waals surface area (Å²) >= 11 is 0. The Kier molecular flexibility index (Phi) is 10.2. The highest BCUT2D eigenvalue weighted by Gasteiger charge is 2.57. The molecule has 0 aromatic heterocycles. The average molecular weight is 506 g/mol. The van der Waals surface area contributed by atoms with Crippen LogP contribution in [0, 0.1) is 0 Å². The van der Waals surface area contributed by atoms with Gasteiger partial charge in [-0.05, 0) is 72.2 Å². The first-order chi connectivity index (χ1) is 16.8. The minimum atomic E-state index is -1.38. The molecule has 0 bridgehead atoms. The Hall–Kier alpha value is -2.81. The molecule has 2 N–H and O–H groups in total. The summed E-state index contributed by atoms with van der Waals surface area (Å²) in [5, 5.41) is 0. The third kappa shape index (κ3) is 8.11. The van der Waals surface area contributed by atoms with E-state index >= 15 is 0 Å². The van der Waals surface area contributed by atoms with E-state index < -0.39 is 34.8 Å². The van der Waals surface area contributed by atoms with E-state index in [4.69, 9.17) is 14.2 Å². The number of hydrogen-bond donors (Lipinski definition) is 2. The Morgan fingerprint density at radius 3 is 2.19 bits per heavy atom. The Morgan fingerprint density at radius 2 is 1.58 bits per heavy atom. The highest BCUT2D eigenvalue weighted by Crippen LogP contribution is 2.36. The zero-order valence-corrected chi connectivity index (χ0v) is 22.9. The monoisotopic (exact) mass is 505 g/mol. The number of nitrogens with zero attached hydrogens (tertiary/aromatic N) is 1. The van der Waals surface area contributed by atoms with Gasteiger partial charge >= 0.3 is 6.09 Å². The largest absolute Gasteiger partial charge is 0.494 e. The molecule has 0 saturated carbocycles. The van der Waals surface area contributed by atoms with E-state index in [1.807, 2.05) is 0 Å². The van der Waals surface area contributed by atoms with Crippen LogP contribution in [-0.2, 0) is 14.3 Å². The number of benzene rings is 1. The molecule has 1 aromatic rings. The molecule has 36 heavy (non-hydrogen) atoms. The molecule has 0 unspecified atom stereocenters. The fourth-order valence-electron chi connectivity index (χ4n) is 4.03. The SMILES string of the molecule is CCCCCCCCOc1ccc(C(=O)NNC(=O)[C@]2(C)COC(C)(C)N2C(=O)OC(C)(C)C)cc1. The van der Waals surface area contributed by atoms with E-state index in [0.717, 1.165) is 12.8 Å². The number of hydrogen-bond acceptors (Lipinski definition) is 6. The summed E-state index contributed by atoms with van der Waals surface area (Å²) in [6, 6.07) is 6.72. The number of hydrazine groups is 1. The van der Waals surface area contributed by atoms with Crippen molar-refractivity contribution in [2.75, 3.05) is 13.2 Å². The van der Waals surface area contributed by atoms with Gasteiger partial charge in [0.2, 0.25) is 0 Å². The van der Waals surface area contributed by atoms with Crippen LogP contribution in [-0.4, -0.2) is 52.9 Å². The Morgan fingerprint density at radius 1 is 0.972 bits per heavy atom. The van der Waals surface area contributed by atoms with Gasteiger partial charge in [0.1, 0.15) is 22.6 Å². The molecule has 1 heterocycles. The van der Waals surface area contributed by atoms with E-state index in [0.29, 0.717) is 17.9 Å². The molecule has 9 nitrogen and oxygen atoms in total. The van der Waals surface area contributed by atoms with Gasteiger partial charge in [-0.3, -0.25) is 25.3 Å². The van der Waals surface area contributed by atoms with Crippen molar-refractivity contribution in [2.45, 2.75) is 104 Å². The van der Waals surface area contributed by atoms with E-state index in [2.05, 4.69) is 17.8 Å². The lowest BCUT2D eigenvalue weighted by molar-refractivity contribution is -0.133. The van der Waals surface area contributed by atoms with E-state index in [-0.39, 0.29) is 6.61 Å². The highest BCUT2D eigenvalue weighted by atomic mass is 16.6. The lowest BCUT2D eigenvalue weighted by atomic mass is 10.0. The molecule has 9 heteroatoms. The van der Waals surface area contributed by atoms with Crippen LogP contribution in [0.3, 0.4) is 0 Å². The first-order valence-electron chi connectivity index (χ1n) is 12.8. The summed E-state index contributed by atoms with van der Waals surface area (Å²) in [4.78, 5) is 39.8. The van der Waals surface area contributed by atoms with Crippen LogP contribution in [0.4, 0.5) is 4.79 Å². The molecule has 202 valence electrons. The maximum Gasteiger partial charge on any atom is 0.413 e. The number of carbonyl (C=O) groups is 3. The van der Waals surface area contributed by atoms with Gasteiger partial charge in [-0.2, -0.15) is 0 Å². The Bertz CT molecular complexity index is 894. The second-order valence-corrected chi connectivity index (χ2v) is 10.9. The molecule has 1 aromatic carbocycles. The normalized spacial score (nSPS) is 19.0. The second kappa shape index (κ2) is 12.4. The van der Waals surface area contributed by atoms with Gasteiger partial charge in [0, 0.05) is 5.56 Å². The van der Waals surface area contributed by atoms with Crippen LogP contribution < -0.4 is 15.6 Å². The lowest BCUT2D eigenvalue weighted by Gasteiger charge is -2.39. The molecule has 1 aliphatic rings. The van der Waals surface area contributed by atoms with Gasteiger partial charge in [-0.25, -0.2) is 4.79 Å². The zero-order chi connectivity index (χ0) is 27.0. The van der Waals surface area contributed by atoms with Gasteiger partial charge < -0.3 is 14.2 Å². The number of unbranched alkanes of at least 4 members (excludes halogenated alkanes) is 5. The highest BCUT2D eigenvalue weighted by molar-refractivity contribution is 5.97. The molecule has 0 spiro atoms. The van der Waals surface area contributed by atoms with Crippen molar-refractivity contribution >= 4 is 17.9 Å². The molecule has 1 saturated heterocycles. The summed E-state index contributed by atoms with van der Waals surface area (Å²) in [6.45, 7) is 13.0. The summed E-state index contributed by atoms with van der Waals surface area (Å²) in [6.07, 6.45) is 6.46. The minimum Gasteiger partial charge on any atom is -0.494 e. The first-order valence-corrected chi connectivity index (χ1v) is 12.8. The summed E-state index contributed by atoms with van der Waals surface area (Å²) in [5.41, 5.74) is 2.01. The molecule has 0 aliphatic carbocycles. The zero-order valence-electron chi connectivity index (χ0n) is 22.9. The maximum atomic E-state index is 13.1. The second-order valence-electron chi connectivity index (χ2n) is 10.9. The minimum absolute atomic E-state index is 0.0500. The Balaban J connectivity index is 1.90. The fourth-order valence-corrected chi connectivity index (χ4v) is 4.03. The van der Waals surface area contributed by atoms with Crippen molar-refractivity contribution in [3.63, 3.8) is 0 Å². The molecular formula is C27H43N3O6. The number of rotatable bonds is 10. The maximum absolute atomic E-state index is 13.1. The quantitative estimate of drug-likeness (QED) is 0.344. The molecule has 1 fully saturated rings. The standard InChI is InChI=1S/C27H43N3O6/c1-8-9-10-11-12-13-18-34-21-16-14-20(15-17-21)22(31)28-29-23(32)27(7)19-35-26(5,6)30(27)24(33)36-25(2,3)4/h14-17H,8-13,18-19H2,1-7H3,(H,28,31)(H,29,32)/t27-/m0/s1. The smallest absolute Gasteiger partial charge is 0.413 e. The van der Waals surface area contributed by atoms with E-state index in [1.54, 1.807) is 65.8 Å². The van der Waals surface area contributed by atoms with Crippen LogP contribution in [0.1, 0.15) is 97.3 Å². The number of nitrogens with one attached hydrogen (secondary N) is 2. The number of carbonyl (C=O) groups excluding carboxylic acids is 3. The predicted octanol–water partition coefficient (Wildman–Crippen LogP) is 4.95. The van der Waals surface area contributed by atoms with Crippen molar-refractivity contribution in [3.05, 3.63) is 29.8 Å². The summed E-state index contributed by atoms with van der Waals surface area (Å²) in [5.74, 6) is -0.391. The van der Waals surface area contributed by atoms with Crippen LogP contribution in [0.25, 0.3) is 0 Å². The third-order valence-electron chi connectivity index (χ3n) is 5.98. The fraction of sp³-hybridized carbons (Fsp3) is 0.667. The molecule has 1 atom stereocenters. The van der Waals surface area contributed by atoms with Crippen LogP contribution in [0.15, 0.2) is 24.3 Å². The molecule has 2 rings (SSSR count). The molecule has 3 amide bonds. The van der Waals surface area contributed by atoms with Crippen molar-refractivity contribution < 1.29 is 28.6 Å². The Labute approximate surface area is 215 Å². The van der Waals surface area contributed by atoms with Crippen molar-refractivity contribution in [2.24, 2.45) is 0 Å². The van der Waals surface area contributed by atoms with Gasteiger partial charge in [0.05, 0.1) is 13.2 Å². The first kappa shape index (κ1) is 29.4. The molecule has 0 radical (unpaired) electrons. The van der Waals surface area contributed by atoms with Crippen molar-refractivity contribution in [3.8, 4) is 5.75 Å². The van der Waals surface area contributed by atoms with Gasteiger partial charge in [0.25, 0.3) is 11.8 Å². The third-order valence-corrected chi connectivity index (χ3v) is 5.98. The van der Waals surface area contributed by atoms with Gasteiger partial charge in [0.15, 0.2) is 0 Å². The van der Waals surface area contributed by atoms with Crippen LogP contribution in [0.5, 0.6) is 5.75 Å². The van der Waals surface area contributed by atoms with E-state index in [9.17, 15) is 14.4 Å². The summed E-state index contributed by atoms with van der Waals surface area (Å²) < 4.78 is 17.0. The topological polar surface area (TPSA) is 106 Å². The molecule has 1 aliphatic heterocycles. The lowest BCUT2D eigenvalue weighted by Crippen LogP contribution is -2.63. The van der Waals surface area contributed by atoms with Crippen molar-refractivity contribution in [1.82, 2.24) is 15.8 Å². The summed E-state index contributed by atoms with van der Waals surface area (Å²) in [7, 11) is 0. The number of ether oxygens (including phenoxy) is 3. The van der Waals surface area contributed by atoms with Crippen molar-refractivity contribution in [1.29, 1.82) is 0 Å². The van der Waals surface area contributed by atoms with Gasteiger partial charge in [-0.1, -0.05) is 39.0 Å². The number of amides is 3.